The Hall–Kier alpha value is -2.70. The first kappa shape index (κ1) is 19.3. The lowest BCUT2D eigenvalue weighted by molar-refractivity contribution is -0.0203. The summed E-state index contributed by atoms with van der Waals surface area (Å²) in [6, 6.07) is 18.7. The predicted molar refractivity (Wildman–Crippen MR) is 119 cm³/mol. The van der Waals surface area contributed by atoms with E-state index in [1.54, 1.807) is 19.2 Å². The molecule has 0 saturated carbocycles. The molecule has 2 aliphatic rings. The van der Waals surface area contributed by atoms with Gasteiger partial charge in [-0.25, -0.2) is 5.01 Å². The van der Waals surface area contributed by atoms with Crippen LogP contribution in [-0.4, -0.2) is 22.9 Å². The van der Waals surface area contributed by atoms with Crippen molar-refractivity contribution in [1.82, 2.24) is 5.01 Å². The van der Waals surface area contributed by atoms with Crippen LogP contribution in [0.1, 0.15) is 35.4 Å². The van der Waals surface area contributed by atoms with E-state index in [9.17, 15) is 5.11 Å². The summed E-state index contributed by atoms with van der Waals surface area (Å²) in [5.74, 6) is 1.70. The molecule has 2 unspecified atom stereocenters. The van der Waals surface area contributed by atoms with E-state index in [1.807, 2.05) is 53.5 Å². The molecular weight excluding hydrogens is 468 g/mol. The molecule has 3 aromatic carbocycles. The zero-order valence-electron chi connectivity index (χ0n) is 16.0. The summed E-state index contributed by atoms with van der Waals surface area (Å²) in [7, 11) is 1.65. The molecule has 2 heterocycles. The predicted octanol–water partition coefficient (Wildman–Crippen LogP) is 6.06. The number of phenols is 1. The monoisotopic (exact) mass is 484 g/mol. The molecule has 0 aromatic heterocycles. The SMILES string of the molecule is COc1ccc(C2=NN3C(C2)c2cc(Cl)ccc2OC3c2cc(Br)ccc2O)cc1. The third-order valence-electron chi connectivity index (χ3n) is 5.43. The third kappa shape index (κ3) is 3.30. The fraction of sp³-hybridized carbons (Fsp3) is 0.174. The van der Waals surface area contributed by atoms with Gasteiger partial charge in [-0.1, -0.05) is 27.5 Å². The van der Waals surface area contributed by atoms with Crippen LogP contribution in [0.2, 0.25) is 5.02 Å². The number of hydrogen-bond acceptors (Lipinski definition) is 5. The Balaban J connectivity index is 1.61. The quantitative estimate of drug-likeness (QED) is 0.490. The van der Waals surface area contributed by atoms with E-state index in [-0.39, 0.29) is 11.8 Å². The molecule has 0 aliphatic carbocycles. The molecule has 7 heteroatoms. The molecule has 0 radical (unpaired) electrons. The number of methoxy groups -OCH3 is 1. The van der Waals surface area contributed by atoms with Crippen molar-refractivity contribution in [3.05, 3.63) is 86.8 Å². The van der Waals surface area contributed by atoms with Crippen molar-refractivity contribution in [3.8, 4) is 17.2 Å². The van der Waals surface area contributed by atoms with Gasteiger partial charge in [0.2, 0.25) is 6.23 Å². The molecule has 0 saturated heterocycles. The third-order valence-corrected chi connectivity index (χ3v) is 6.16. The fourth-order valence-corrected chi connectivity index (χ4v) is 4.50. The zero-order valence-corrected chi connectivity index (χ0v) is 18.4. The van der Waals surface area contributed by atoms with Gasteiger partial charge in [-0.05, 0) is 66.2 Å². The lowest BCUT2D eigenvalue weighted by Crippen LogP contribution is -2.33. The van der Waals surface area contributed by atoms with Crippen molar-refractivity contribution in [3.63, 3.8) is 0 Å². The molecule has 3 aromatic rings. The number of aromatic hydroxyl groups is 1. The van der Waals surface area contributed by atoms with Crippen LogP contribution in [-0.2, 0) is 0 Å². The van der Waals surface area contributed by atoms with Crippen molar-refractivity contribution in [1.29, 1.82) is 0 Å². The first-order chi connectivity index (χ1) is 14.5. The Bertz CT molecular complexity index is 1150. The molecular formula is C23H18BrClN2O3. The van der Waals surface area contributed by atoms with Gasteiger partial charge in [-0.15, -0.1) is 0 Å². The molecule has 30 heavy (non-hydrogen) atoms. The molecule has 2 aliphatic heterocycles. The molecule has 1 N–H and O–H groups in total. The molecule has 0 bridgehead atoms. The Morgan fingerprint density at radius 2 is 1.90 bits per heavy atom. The number of hydrazone groups is 1. The largest absolute Gasteiger partial charge is 0.507 e. The molecule has 2 atom stereocenters. The van der Waals surface area contributed by atoms with E-state index < -0.39 is 6.23 Å². The minimum atomic E-state index is -0.558. The van der Waals surface area contributed by atoms with E-state index in [1.165, 1.54) is 0 Å². The van der Waals surface area contributed by atoms with Crippen LogP contribution < -0.4 is 9.47 Å². The summed E-state index contributed by atoms with van der Waals surface area (Å²) in [4.78, 5) is 0. The highest BCUT2D eigenvalue weighted by atomic mass is 79.9. The Morgan fingerprint density at radius 3 is 2.67 bits per heavy atom. The molecule has 5 nitrogen and oxygen atoms in total. The van der Waals surface area contributed by atoms with Gasteiger partial charge in [0.05, 0.1) is 24.4 Å². The van der Waals surface area contributed by atoms with Crippen LogP contribution >= 0.6 is 27.5 Å². The van der Waals surface area contributed by atoms with E-state index in [0.717, 1.165) is 32.8 Å². The Kier molecular flexibility index (Phi) is 4.83. The second-order valence-electron chi connectivity index (χ2n) is 7.23. The van der Waals surface area contributed by atoms with E-state index in [4.69, 9.17) is 26.2 Å². The fourth-order valence-electron chi connectivity index (χ4n) is 3.94. The maximum atomic E-state index is 10.5. The number of rotatable bonds is 3. The highest BCUT2D eigenvalue weighted by molar-refractivity contribution is 9.10. The first-order valence-corrected chi connectivity index (χ1v) is 10.7. The number of fused-ring (bicyclic) bond motifs is 3. The summed E-state index contributed by atoms with van der Waals surface area (Å²) in [6.45, 7) is 0. The second kappa shape index (κ2) is 7.52. The van der Waals surface area contributed by atoms with Crippen LogP contribution in [0.3, 0.4) is 0 Å². The zero-order chi connectivity index (χ0) is 20.8. The standard InChI is InChI=1S/C23H18BrClN2O3/c1-29-16-6-2-13(3-7-16)19-12-20-17-11-15(25)5-9-22(17)30-23(27(20)26-19)18-10-14(24)4-8-21(18)28/h2-11,20,23,28H,12H2,1H3. The van der Waals surface area contributed by atoms with Crippen molar-refractivity contribution >= 4 is 33.2 Å². The number of nitrogens with zero attached hydrogens (tertiary/aromatic N) is 2. The van der Waals surface area contributed by atoms with Crippen LogP contribution in [0, 0.1) is 0 Å². The molecule has 0 amide bonds. The number of phenolic OH excluding ortho intramolecular Hbond substituents is 1. The van der Waals surface area contributed by atoms with Gasteiger partial charge in [0.1, 0.15) is 17.2 Å². The lowest BCUT2D eigenvalue weighted by atomic mass is 9.96. The molecule has 152 valence electrons. The smallest absolute Gasteiger partial charge is 0.217 e. The van der Waals surface area contributed by atoms with Gasteiger partial charge in [-0.2, -0.15) is 5.10 Å². The maximum Gasteiger partial charge on any atom is 0.217 e. The number of halogens is 2. The number of benzene rings is 3. The minimum absolute atomic E-state index is 0.0482. The average molecular weight is 486 g/mol. The normalized spacial score (nSPS) is 19.6. The van der Waals surface area contributed by atoms with Gasteiger partial charge >= 0.3 is 0 Å². The highest BCUT2D eigenvalue weighted by Gasteiger charge is 2.42. The lowest BCUT2D eigenvalue weighted by Gasteiger charge is -2.38. The highest BCUT2D eigenvalue weighted by Crippen LogP contribution is 2.49. The number of ether oxygens (including phenoxy) is 2. The van der Waals surface area contributed by atoms with Crippen molar-refractivity contribution in [2.24, 2.45) is 5.10 Å². The summed E-state index contributed by atoms with van der Waals surface area (Å²) in [5, 5.41) is 18.0. The number of hydrogen-bond donors (Lipinski definition) is 1. The maximum absolute atomic E-state index is 10.5. The Labute approximate surface area is 187 Å². The summed E-state index contributed by atoms with van der Waals surface area (Å²) in [5.41, 5.74) is 3.60. The summed E-state index contributed by atoms with van der Waals surface area (Å²) in [6.07, 6.45) is 0.144. The van der Waals surface area contributed by atoms with Crippen LogP contribution in [0.15, 0.2) is 70.2 Å². The summed E-state index contributed by atoms with van der Waals surface area (Å²) >= 11 is 9.77. The van der Waals surface area contributed by atoms with Crippen LogP contribution in [0.4, 0.5) is 0 Å². The first-order valence-electron chi connectivity index (χ1n) is 9.48. The van der Waals surface area contributed by atoms with E-state index >= 15 is 0 Å². The minimum Gasteiger partial charge on any atom is -0.507 e. The Morgan fingerprint density at radius 1 is 1.10 bits per heavy atom. The van der Waals surface area contributed by atoms with Gasteiger partial charge < -0.3 is 14.6 Å². The summed E-state index contributed by atoms with van der Waals surface area (Å²) < 4.78 is 12.4. The van der Waals surface area contributed by atoms with Gasteiger partial charge in [-0.3, -0.25) is 0 Å². The van der Waals surface area contributed by atoms with E-state index in [2.05, 4.69) is 15.9 Å². The second-order valence-corrected chi connectivity index (χ2v) is 8.58. The van der Waals surface area contributed by atoms with Gasteiger partial charge in [0, 0.05) is 21.5 Å². The van der Waals surface area contributed by atoms with Gasteiger partial charge in [0.25, 0.3) is 0 Å². The topological polar surface area (TPSA) is 54.3 Å². The van der Waals surface area contributed by atoms with Gasteiger partial charge in [0.15, 0.2) is 0 Å². The molecule has 0 spiro atoms. The van der Waals surface area contributed by atoms with Crippen LogP contribution in [0.25, 0.3) is 0 Å². The molecule has 0 fully saturated rings. The van der Waals surface area contributed by atoms with E-state index in [0.29, 0.717) is 17.0 Å². The van der Waals surface area contributed by atoms with Crippen LogP contribution in [0.5, 0.6) is 17.2 Å². The molecule has 5 rings (SSSR count). The van der Waals surface area contributed by atoms with Crippen molar-refractivity contribution < 1.29 is 14.6 Å². The van der Waals surface area contributed by atoms with Crippen molar-refractivity contribution in [2.45, 2.75) is 18.7 Å². The van der Waals surface area contributed by atoms with Crippen molar-refractivity contribution in [2.75, 3.05) is 7.11 Å². The average Bonchev–Trinajstić information content (AvgIpc) is 3.21.